The first-order valence-electron chi connectivity index (χ1n) is 8.45. The second-order valence-electron chi connectivity index (χ2n) is 6.41. The summed E-state index contributed by atoms with van der Waals surface area (Å²) >= 11 is 0. The third-order valence-electron chi connectivity index (χ3n) is 4.17. The Morgan fingerprint density at radius 3 is 2.58 bits per heavy atom. The number of benzene rings is 1. The monoisotopic (exact) mass is 325 g/mol. The number of rotatable bonds is 8. The maximum Gasteiger partial charge on any atom is 0.220 e. The summed E-state index contributed by atoms with van der Waals surface area (Å²) in [5, 5.41) is 3.07. The van der Waals surface area contributed by atoms with E-state index in [9.17, 15) is 4.79 Å². The first-order valence-corrected chi connectivity index (χ1v) is 8.45. The van der Waals surface area contributed by atoms with E-state index in [1.165, 1.54) is 16.7 Å². The third kappa shape index (κ3) is 5.78. The fourth-order valence-corrected chi connectivity index (χ4v) is 2.69. The Morgan fingerprint density at radius 1 is 1.21 bits per heavy atom. The van der Waals surface area contributed by atoms with Gasteiger partial charge in [0.05, 0.1) is 6.04 Å². The van der Waals surface area contributed by atoms with Crippen LogP contribution in [0, 0.1) is 6.92 Å². The van der Waals surface area contributed by atoms with E-state index in [0.717, 1.165) is 12.8 Å². The molecule has 1 aromatic heterocycles. The summed E-state index contributed by atoms with van der Waals surface area (Å²) in [7, 11) is 4.08. The van der Waals surface area contributed by atoms with Crippen LogP contribution in [0.5, 0.6) is 0 Å². The molecule has 1 N–H and O–H groups in total. The molecule has 1 amide bonds. The topological polar surface area (TPSA) is 45.2 Å². The quantitative estimate of drug-likeness (QED) is 0.811. The Bertz CT molecular complexity index is 623. The van der Waals surface area contributed by atoms with Crippen molar-refractivity contribution in [3.8, 4) is 0 Å². The lowest BCUT2D eigenvalue weighted by Crippen LogP contribution is -2.34. The van der Waals surface area contributed by atoms with Gasteiger partial charge in [-0.3, -0.25) is 9.78 Å². The molecule has 0 spiro atoms. The van der Waals surface area contributed by atoms with E-state index in [-0.39, 0.29) is 11.9 Å². The molecule has 4 heteroatoms. The van der Waals surface area contributed by atoms with Gasteiger partial charge in [-0.05, 0) is 51.1 Å². The molecule has 0 radical (unpaired) electrons. The van der Waals surface area contributed by atoms with Crippen LogP contribution in [0.4, 0.5) is 0 Å². The fraction of sp³-hybridized carbons (Fsp3) is 0.400. The van der Waals surface area contributed by atoms with E-state index < -0.39 is 0 Å². The number of hydrogen-bond acceptors (Lipinski definition) is 3. The van der Waals surface area contributed by atoms with Gasteiger partial charge in [0.2, 0.25) is 5.91 Å². The molecule has 1 heterocycles. The molecule has 0 aliphatic heterocycles. The molecule has 0 fully saturated rings. The lowest BCUT2D eigenvalue weighted by atomic mass is 10.0. The summed E-state index contributed by atoms with van der Waals surface area (Å²) in [4.78, 5) is 18.3. The summed E-state index contributed by atoms with van der Waals surface area (Å²) in [6.45, 7) is 2.71. The fourth-order valence-electron chi connectivity index (χ4n) is 2.69. The predicted molar refractivity (Wildman–Crippen MR) is 97.8 cm³/mol. The van der Waals surface area contributed by atoms with E-state index >= 15 is 0 Å². The Kier molecular flexibility index (Phi) is 6.94. The molecule has 1 unspecified atom stereocenters. The van der Waals surface area contributed by atoms with Crippen molar-refractivity contribution in [1.82, 2.24) is 15.2 Å². The second kappa shape index (κ2) is 9.18. The van der Waals surface area contributed by atoms with E-state index in [2.05, 4.69) is 46.4 Å². The number of carbonyl (C=O) groups excluding carboxylic acids is 1. The summed E-state index contributed by atoms with van der Waals surface area (Å²) in [6, 6.07) is 12.7. The summed E-state index contributed by atoms with van der Waals surface area (Å²) in [5.74, 6) is 0.109. The van der Waals surface area contributed by atoms with Crippen LogP contribution in [0.2, 0.25) is 0 Å². The van der Waals surface area contributed by atoms with Gasteiger partial charge in [-0.2, -0.15) is 0 Å². The third-order valence-corrected chi connectivity index (χ3v) is 4.17. The zero-order valence-electron chi connectivity index (χ0n) is 14.8. The van der Waals surface area contributed by atoms with Crippen molar-refractivity contribution in [1.29, 1.82) is 0 Å². The number of amides is 1. The van der Waals surface area contributed by atoms with Crippen LogP contribution >= 0.6 is 0 Å². The van der Waals surface area contributed by atoms with E-state index in [0.29, 0.717) is 13.0 Å². The SMILES string of the molecule is Cc1ccc(C(CNC(=O)CCCc2cccnc2)N(C)C)cc1. The van der Waals surface area contributed by atoms with Crippen molar-refractivity contribution < 1.29 is 4.79 Å². The van der Waals surface area contributed by atoms with Gasteiger partial charge in [-0.1, -0.05) is 35.9 Å². The Morgan fingerprint density at radius 2 is 1.96 bits per heavy atom. The molecule has 0 aliphatic carbocycles. The van der Waals surface area contributed by atoms with E-state index in [1.54, 1.807) is 6.20 Å². The Labute approximate surface area is 144 Å². The average molecular weight is 325 g/mol. The van der Waals surface area contributed by atoms with Gasteiger partial charge in [-0.15, -0.1) is 0 Å². The Hall–Kier alpha value is -2.20. The molecular weight excluding hydrogens is 298 g/mol. The van der Waals surface area contributed by atoms with Gasteiger partial charge >= 0.3 is 0 Å². The highest BCUT2D eigenvalue weighted by atomic mass is 16.1. The van der Waals surface area contributed by atoms with Crippen LogP contribution in [0.3, 0.4) is 0 Å². The molecule has 0 saturated carbocycles. The van der Waals surface area contributed by atoms with Crippen molar-refractivity contribution in [2.75, 3.05) is 20.6 Å². The van der Waals surface area contributed by atoms with E-state index in [4.69, 9.17) is 0 Å². The van der Waals surface area contributed by atoms with Crippen molar-refractivity contribution in [2.24, 2.45) is 0 Å². The second-order valence-corrected chi connectivity index (χ2v) is 6.41. The van der Waals surface area contributed by atoms with Gasteiger partial charge in [-0.25, -0.2) is 0 Å². The van der Waals surface area contributed by atoms with Gasteiger partial charge < -0.3 is 10.2 Å². The van der Waals surface area contributed by atoms with Crippen molar-refractivity contribution in [3.63, 3.8) is 0 Å². The normalized spacial score (nSPS) is 12.2. The molecule has 0 saturated heterocycles. The summed E-state index contributed by atoms with van der Waals surface area (Å²) in [6.07, 6.45) is 5.90. The van der Waals surface area contributed by atoms with Crippen LogP contribution < -0.4 is 5.32 Å². The molecule has 2 rings (SSSR count). The Balaban J connectivity index is 1.79. The standard InChI is InChI=1S/C20H27N3O/c1-16-9-11-18(12-10-16)19(23(2)3)15-22-20(24)8-4-6-17-7-5-13-21-14-17/h5,7,9-14,19H,4,6,8,15H2,1-3H3,(H,22,24). The van der Waals surface area contributed by atoms with Crippen molar-refractivity contribution in [2.45, 2.75) is 32.2 Å². The number of aromatic nitrogens is 1. The highest BCUT2D eigenvalue weighted by molar-refractivity contribution is 5.75. The molecule has 1 aromatic carbocycles. The lowest BCUT2D eigenvalue weighted by Gasteiger charge is -2.25. The summed E-state index contributed by atoms with van der Waals surface area (Å²) < 4.78 is 0. The highest BCUT2D eigenvalue weighted by Gasteiger charge is 2.15. The minimum absolute atomic E-state index is 0.109. The van der Waals surface area contributed by atoms with Crippen molar-refractivity contribution >= 4 is 5.91 Å². The van der Waals surface area contributed by atoms with Crippen LogP contribution in [0.25, 0.3) is 0 Å². The van der Waals surface area contributed by atoms with Gasteiger partial charge in [0.1, 0.15) is 0 Å². The number of nitrogens with zero attached hydrogens (tertiary/aromatic N) is 2. The largest absolute Gasteiger partial charge is 0.354 e. The number of nitrogens with one attached hydrogen (secondary N) is 1. The zero-order chi connectivity index (χ0) is 17.4. The molecule has 0 bridgehead atoms. The smallest absolute Gasteiger partial charge is 0.220 e. The molecule has 128 valence electrons. The van der Waals surface area contributed by atoms with E-state index in [1.807, 2.05) is 32.4 Å². The number of carbonyl (C=O) groups is 1. The minimum atomic E-state index is 0.109. The molecule has 1 atom stereocenters. The van der Waals surface area contributed by atoms with Crippen LogP contribution in [0.15, 0.2) is 48.8 Å². The summed E-state index contributed by atoms with van der Waals surface area (Å²) in [5.41, 5.74) is 3.65. The number of aryl methyl sites for hydroxylation is 2. The first kappa shape index (κ1) is 18.1. The van der Waals surface area contributed by atoms with Gasteiger partial charge in [0, 0.05) is 25.4 Å². The molecule has 24 heavy (non-hydrogen) atoms. The number of hydrogen-bond donors (Lipinski definition) is 1. The number of pyridine rings is 1. The lowest BCUT2D eigenvalue weighted by molar-refractivity contribution is -0.121. The minimum Gasteiger partial charge on any atom is -0.354 e. The molecule has 2 aromatic rings. The first-order chi connectivity index (χ1) is 11.6. The molecule has 0 aliphatic rings. The molecular formula is C20H27N3O. The molecule has 4 nitrogen and oxygen atoms in total. The van der Waals surface area contributed by atoms with Crippen molar-refractivity contribution in [3.05, 3.63) is 65.5 Å². The van der Waals surface area contributed by atoms with Crippen LogP contribution in [-0.4, -0.2) is 36.4 Å². The maximum absolute atomic E-state index is 12.1. The predicted octanol–water partition coefficient (Wildman–Crippen LogP) is 3.13. The zero-order valence-corrected chi connectivity index (χ0v) is 14.8. The number of likely N-dealkylation sites (N-methyl/N-ethyl adjacent to an activating group) is 1. The van der Waals surface area contributed by atoms with Gasteiger partial charge in [0.25, 0.3) is 0 Å². The van der Waals surface area contributed by atoms with Crippen LogP contribution in [0.1, 0.15) is 35.6 Å². The maximum atomic E-state index is 12.1. The highest BCUT2D eigenvalue weighted by Crippen LogP contribution is 2.18. The van der Waals surface area contributed by atoms with Crippen LogP contribution in [-0.2, 0) is 11.2 Å². The average Bonchev–Trinajstić information content (AvgIpc) is 2.57. The van der Waals surface area contributed by atoms with Gasteiger partial charge in [0.15, 0.2) is 0 Å².